The average molecular weight is 140 g/mol. The highest BCUT2D eigenvalue weighted by molar-refractivity contribution is 4.92. The molecule has 1 atom stereocenters. The predicted octanol–water partition coefficient (Wildman–Crippen LogP) is 0.840. The lowest BCUT2D eigenvalue weighted by Crippen LogP contribution is -2.55. The van der Waals surface area contributed by atoms with E-state index in [2.05, 4.69) is 10.6 Å². The van der Waals surface area contributed by atoms with Crippen molar-refractivity contribution in [2.24, 2.45) is 0 Å². The monoisotopic (exact) mass is 140 g/mol. The summed E-state index contributed by atoms with van der Waals surface area (Å²) in [5.41, 5.74) is 0.373. The molecule has 2 rings (SSSR count). The van der Waals surface area contributed by atoms with Gasteiger partial charge in [-0.1, -0.05) is 0 Å². The number of hydrogen-bond acceptors (Lipinski definition) is 2. The minimum atomic E-state index is 0.373. The molecular formula is C8H16N2. The van der Waals surface area contributed by atoms with Crippen molar-refractivity contribution in [2.75, 3.05) is 13.1 Å². The first kappa shape index (κ1) is 6.62. The Balaban J connectivity index is 1.98. The van der Waals surface area contributed by atoms with Gasteiger partial charge < -0.3 is 0 Å². The van der Waals surface area contributed by atoms with E-state index < -0.39 is 0 Å². The first-order chi connectivity index (χ1) is 4.91. The number of nitrogens with one attached hydrogen (secondary N) is 2. The normalized spacial score (nSPS) is 40.8. The van der Waals surface area contributed by atoms with Crippen LogP contribution in [0.3, 0.4) is 0 Å². The summed E-state index contributed by atoms with van der Waals surface area (Å²) in [7, 11) is 0. The second-order valence-corrected chi connectivity index (χ2v) is 3.50. The highest BCUT2D eigenvalue weighted by Crippen LogP contribution is 2.25. The van der Waals surface area contributed by atoms with Crippen molar-refractivity contribution in [3.05, 3.63) is 0 Å². The molecule has 2 fully saturated rings. The Bertz CT molecular complexity index is 108. The van der Waals surface area contributed by atoms with E-state index in [0.717, 1.165) is 0 Å². The van der Waals surface area contributed by atoms with Gasteiger partial charge in [0.2, 0.25) is 0 Å². The standard InChI is InChI=1S/C8H16N2/c1-2-6-9-8(4-1)5-3-7-10-8/h9-10H,1-7H2. The van der Waals surface area contributed by atoms with E-state index in [1.54, 1.807) is 0 Å². The van der Waals surface area contributed by atoms with Gasteiger partial charge in [0.25, 0.3) is 0 Å². The maximum atomic E-state index is 3.58. The Labute approximate surface area is 62.4 Å². The molecule has 58 valence electrons. The van der Waals surface area contributed by atoms with E-state index >= 15 is 0 Å². The van der Waals surface area contributed by atoms with Gasteiger partial charge in [0.15, 0.2) is 0 Å². The zero-order valence-corrected chi connectivity index (χ0v) is 6.45. The van der Waals surface area contributed by atoms with E-state index in [1.165, 1.54) is 45.2 Å². The summed E-state index contributed by atoms with van der Waals surface area (Å²) < 4.78 is 0. The zero-order chi connectivity index (χ0) is 6.86. The lowest BCUT2D eigenvalue weighted by atomic mass is 9.96. The van der Waals surface area contributed by atoms with Crippen molar-refractivity contribution in [1.29, 1.82) is 0 Å². The molecule has 2 N–H and O–H groups in total. The smallest absolute Gasteiger partial charge is 0.0687 e. The molecule has 10 heavy (non-hydrogen) atoms. The van der Waals surface area contributed by atoms with Crippen LogP contribution in [-0.4, -0.2) is 18.8 Å². The first-order valence-electron chi connectivity index (χ1n) is 4.41. The fraction of sp³-hybridized carbons (Fsp3) is 1.00. The molecule has 2 nitrogen and oxygen atoms in total. The molecule has 0 amide bonds. The van der Waals surface area contributed by atoms with Crippen molar-refractivity contribution >= 4 is 0 Å². The highest BCUT2D eigenvalue weighted by atomic mass is 15.2. The van der Waals surface area contributed by atoms with Crippen LogP contribution in [0.4, 0.5) is 0 Å². The zero-order valence-electron chi connectivity index (χ0n) is 6.45. The van der Waals surface area contributed by atoms with E-state index in [1.807, 2.05) is 0 Å². The van der Waals surface area contributed by atoms with Gasteiger partial charge in [-0.25, -0.2) is 0 Å². The van der Waals surface area contributed by atoms with Crippen molar-refractivity contribution in [1.82, 2.24) is 10.6 Å². The third kappa shape index (κ3) is 1.06. The predicted molar refractivity (Wildman–Crippen MR) is 41.8 cm³/mol. The Hall–Kier alpha value is -0.0800. The molecule has 0 bridgehead atoms. The van der Waals surface area contributed by atoms with E-state index in [9.17, 15) is 0 Å². The van der Waals surface area contributed by atoms with Gasteiger partial charge in [-0.15, -0.1) is 0 Å². The number of rotatable bonds is 0. The molecule has 2 heterocycles. The maximum absolute atomic E-state index is 3.58. The quantitative estimate of drug-likeness (QED) is 0.521. The van der Waals surface area contributed by atoms with Gasteiger partial charge >= 0.3 is 0 Å². The van der Waals surface area contributed by atoms with Crippen molar-refractivity contribution in [3.8, 4) is 0 Å². The van der Waals surface area contributed by atoms with Crippen molar-refractivity contribution in [2.45, 2.75) is 37.8 Å². The fourth-order valence-electron chi connectivity index (χ4n) is 2.14. The summed E-state index contributed by atoms with van der Waals surface area (Å²) in [4.78, 5) is 0. The number of hydrogen-bond donors (Lipinski definition) is 2. The summed E-state index contributed by atoms with van der Waals surface area (Å²) in [5, 5.41) is 7.14. The third-order valence-electron chi connectivity index (χ3n) is 2.74. The summed E-state index contributed by atoms with van der Waals surface area (Å²) in [6, 6.07) is 0. The highest BCUT2D eigenvalue weighted by Gasteiger charge is 2.33. The topological polar surface area (TPSA) is 24.1 Å². The van der Waals surface area contributed by atoms with Gasteiger partial charge in [-0.2, -0.15) is 0 Å². The summed E-state index contributed by atoms with van der Waals surface area (Å²) >= 11 is 0. The maximum Gasteiger partial charge on any atom is 0.0687 e. The molecule has 0 aliphatic carbocycles. The summed E-state index contributed by atoms with van der Waals surface area (Å²) in [6.07, 6.45) is 6.80. The molecule has 2 aliphatic heterocycles. The van der Waals surface area contributed by atoms with Crippen molar-refractivity contribution in [3.63, 3.8) is 0 Å². The van der Waals surface area contributed by atoms with E-state index in [-0.39, 0.29) is 0 Å². The van der Waals surface area contributed by atoms with Crippen LogP contribution >= 0.6 is 0 Å². The first-order valence-corrected chi connectivity index (χ1v) is 4.41. The summed E-state index contributed by atoms with van der Waals surface area (Å²) in [5.74, 6) is 0. The Morgan fingerprint density at radius 2 is 1.50 bits per heavy atom. The molecule has 0 saturated carbocycles. The molecule has 0 radical (unpaired) electrons. The van der Waals surface area contributed by atoms with Crippen LogP contribution in [0.25, 0.3) is 0 Å². The third-order valence-corrected chi connectivity index (χ3v) is 2.74. The lowest BCUT2D eigenvalue weighted by Gasteiger charge is -2.34. The molecule has 2 heteroatoms. The average Bonchev–Trinajstić information content (AvgIpc) is 2.39. The van der Waals surface area contributed by atoms with Gasteiger partial charge in [0.1, 0.15) is 0 Å². The second kappa shape index (κ2) is 2.51. The molecule has 1 spiro atoms. The van der Waals surface area contributed by atoms with Crippen LogP contribution in [0.1, 0.15) is 32.1 Å². The van der Waals surface area contributed by atoms with Gasteiger partial charge in [-0.05, 0) is 45.2 Å². The Morgan fingerprint density at radius 1 is 0.800 bits per heavy atom. The second-order valence-electron chi connectivity index (χ2n) is 3.50. The number of piperidine rings is 1. The van der Waals surface area contributed by atoms with E-state index in [0.29, 0.717) is 5.66 Å². The van der Waals surface area contributed by atoms with Crippen LogP contribution in [0.15, 0.2) is 0 Å². The van der Waals surface area contributed by atoms with Gasteiger partial charge in [-0.3, -0.25) is 10.6 Å². The molecule has 2 aliphatic rings. The minimum Gasteiger partial charge on any atom is -0.299 e. The molecule has 0 aromatic heterocycles. The largest absolute Gasteiger partial charge is 0.299 e. The SMILES string of the molecule is C1CCC2(CCCN2)NC1. The molecule has 0 aromatic rings. The minimum absolute atomic E-state index is 0.373. The van der Waals surface area contributed by atoms with Crippen LogP contribution in [0, 0.1) is 0 Å². The van der Waals surface area contributed by atoms with Crippen LogP contribution in [-0.2, 0) is 0 Å². The fourth-order valence-corrected chi connectivity index (χ4v) is 2.14. The van der Waals surface area contributed by atoms with Crippen molar-refractivity contribution < 1.29 is 0 Å². The van der Waals surface area contributed by atoms with Crippen LogP contribution in [0.2, 0.25) is 0 Å². The summed E-state index contributed by atoms with van der Waals surface area (Å²) in [6.45, 7) is 2.43. The molecular weight excluding hydrogens is 124 g/mol. The van der Waals surface area contributed by atoms with Crippen LogP contribution < -0.4 is 10.6 Å². The lowest BCUT2D eigenvalue weighted by molar-refractivity contribution is 0.230. The molecule has 2 saturated heterocycles. The van der Waals surface area contributed by atoms with E-state index in [4.69, 9.17) is 0 Å². The van der Waals surface area contributed by atoms with Gasteiger partial charge in [0, 0.05) is 0 Å². The Kier molecular flexibility index (Phi) is 1.66. The van der Waals surface area contributed by atoms with Gasteiger partial charge in [0.05, 0.1) is 5.66 Å². The molecule has 1 unspecified atom stereocenters. The van der Waals surface area contributed by atoms with Crippen LogP contribution in [0.5, 0.6) is 0 Å². The molecule has 0 aromatic carbocycles. The Morgan fingerprint density at radius 3 is 2.10 bits per heavy atom.